The van der Waals surface area contributed by atoms with Gasteiger partial charge in [-0.05, 0) is 18.6 Å². The lowest BCUT2D eigenvalue weighted by Gasteiger charge is -2.11. The summed E-state index contributed by atoms with van der Waals surface area (Å²) in [5, 5.41) is 6.53. The average Bonchev–Trinajstić information content (AvgIpc) is 3.01. The number of nitrogens with one attached hydrogen (secondary N) is 2. The fraction of sp³-hybridized carbons (Fsp3) is 0.533. The number of ether oxygens (including phenoxy) is 1. The molecule has 0 unspecified atom stereocenters. The summed E-state index contributed by atoms with van der Waals surface area (Å²) >= 11 is 1.85. The summed E-state index contributed by atoms with van der Waals surface area (Å²) in [4.78, 5) is 4.17. The molecule has 0 radical (unpaired) electrons. The molecule has 0 aliphatic carbocycles. The van der Waals surface area contributed by atoms with Crippen LogP contribution >= 0.6 is 11.8 Å². The van der Waals surface area contributed by atoms with E-state index < -0.39 is 0 Å². The van der Waals surface area contributed by atoms with E-state index in [-0.39, 0.29) is 0 Å². The molecule has 5 nitrogen and oxygen atoms in total. The molecular formula is C15H25N3O2S. The molecule has 6 heteroatoms. The minimum absolute atomic E-state index is 0.528. The van der Waals surface area contributed by atoms with E-state index in [1.165, 1.54) is 0 Å². The van der Waals surface area contributed by atoms with E-state index in [4.69, 9.17) is 9.15 Å². The second-order valence-electron chi connectivity index (χ2n) is 4.27. The first-order chi connectivity index (χ1) is 10.4. The van der Waals surface area contributed by atoms with Gasteiger partial charge < -0.3 is 19.8 Å². The number of aliphatic imine (C=N–C) groups is 1. The number of nitrogens with zero attached hydrogens (tertiary/aromatic N) is 1. The normalized spacial score (nSPS) is 11.4. The van der Waals surface area contributed by atoms with Crippen molar-refractivity contribution in [3.63, 3.8) is 0 Å². The topological polar surface area (TPSA) is 58.8 Å². The number of furan rings is 1. The SMILES string of the molecule is C=CCSCCNC(=NC)NCCCOCc1ccco1. The minimum atomic E-state index is 0.528. The largest absolute Gasteiger partial charge is 0.467 e. The molecule has 1 aromatic rings. The van der Waals surface area contributed by atoms with Crippen molar-refractivity contribution < 1.29 is 9.15 Å². The third-order valence-electron chi connectivity index (χ3n) is 2.58. The Bertz CT molecular complexity index is 394. The minimum Gasteiger partial charge on any atom is -0.467 e. The van der Waals surface area contributed by atoms with Crippen LogP contribution < -0.4 is 10.6 Å². The zero-order valence-corrected chi connectivity index (χ0v) is 13.5. The number of rotatable bonds is 11. The Morgan fingerprint density at radius 1 is 1.48 bits per heavy atom. The number of hydrogen-bond acceptors (Lipinski definition) is 4. The molecule has 0 aromatic carbocycles. The second-order valence-corrected chi connectivity index (χ2v) is 5.42. The molecule has 0 saturated heterocycles. The van der Waals surface area contributed by atoms with Gasteiger partial charge in [0.25, 0.3) is 0 Å². The van der Waals surface area contributed by atoms with E-state index in [9.17, 15) is 0 Å². The van der Waals surface area contributed by atoms with Gasteiger partial charge in [0.1, 0.15) is 12.4 Å². The molecule has 0 saturated carbocycles. The summed E-state index contributed by atoms with van der Waals surface area (Å²) in [6.45, 7) is 6.65. The lowest BCUT2D eigenvalue weighted by molar-refractivity contribution is 0.105. The second kappa shape index (κ2) is 12.3. The summed E-state index contributed by atoms with van der Waals surface area (Å²) in [5.74, 6) is 3.72. The van der Waals surface area contributed by atoms with Crippen molar-refractivity contribution in [2.75, 3.05) is 38.2 Å². The molecule has 1 aromatic heterocycles. The van der Waals surface area contributed by atoms with Crippen LogP contribution in [-0.4, -0.2) is 44.2 Å². The van der Waals surface area contributed by atoms with Gasteiger partial charge in [0.2, 0.25) is 0 Å². The van der Waals surface area contributed by atoms with Crippen LogP contribution in [0, 0.1) is 0 Å². The third kappa shape index (κ3) is 9.20. The van der Waals surface area contributed by atoms with Crippen LogP contribution in [0.2, 0.25) is 0 Å². The van der Waals surface area contributed by atoms with Crippen LogP contribution in [-0.2, 0) is 11.3 Å². The van der Waals surface area contributed by atoms with Crippen LogP contribution in [0.15, 0.2) is 40.5 Å². The molecule has 0 amide bonds. The Hall–Kier alpha value is -1.40. The quantitative estimate of drug-likeness (QED) is 0.284. The van der Waals surface area contributed by atoms with Gasteiger partial charge in [0.05, 0.1) is 6.26 Å². The van der Waals surface area contributed by atoms with Crippen molar-refractivity contribution in [3.05, 3.63) is 36.8 Å². The summed E-state index contributed by atoms with van der Waals surface area (Å²) < 4.78 is 10.7. The standard InChI is InChI=1S/C15H25N3O2S/c1-3-11-21-12-8-18-15(16-2)17-7-5-9-19-13-14-6-4-10-20-14/h3-4,6,10H,1,5,7-9,11-13H2,2H3,(H2,16,17,18). The summed E-state index contributed by atoms with van der Waals surface area (Å²) in [7, 11) is 1.78. The molecule has 0 spiro atoms. The van der Waals surface area contributed by atoms with Crippen molar-refractivity contribution in [1.29, 1.82) is 0 Å². The van der Waals surface area contributed by atoms with E-state index >= 15 is 0 Å². The number of thioether (sulfide) groups is 1. The Morgan fingerprint density at radius 2 is 2.33 bits per heavy atom. The molecule has 118 valence electrons. The predicted molar refractivity (Wildman–Crippen MR) is 89.9 cm³/mol. The van der Waals surface area contributed by atoms with E-state index in [0.717, 1.165) is 42.7 Å². The van der Waals surface area contributed by atoms with Crippen molar-refractivity contribution >= 4 is 17.7 Å². The highest BCUT2D eigenvalue weighted by atomic mass is 32.2. The van der Waals surface area contributed by atoms with Gasteiger partial charge >= 0.3 is 0 Å². The Morgan fingerprint density at radius 3 is 3.05 bits per heavy atom. The molecule has 0 bridgehead atoms. The number of hydrogen-bond donors (Lipinski definition) is 2. The smallest absolute Gasteiger partial charge is 0.191 e. The van der Waals surface area contributed by atoms with Crippen molar-refractivity contribution in [2.45, 2.75) is 13.0 Å². The van der Waals surface area contributed by atoms with Gasteiger partial charge in [-0.2, -0.15) is 11.8 Å². The highest BCUT2D eigenvalue weighted by Gasteiger charge is 1.98. The highest BCUT2D eigenvalue weighted by Crippen LogP contribution is 2.01. The van der Waals surface area contributed by atoms with E-state index in [1.807, 2.05) is 30.0 Å². The lowest BCUT2D eigenvalue weighted by atomic mass is 10.4. The first-order valence-electron chi connectivity index (χ1n) is 7.10. The van der Waals surface area contributed by atoms with Gasteiger partial charge in [-0.1, -0.05) is 6.08 Å². The summed E-state index contributed by atoms with van der Waals surface area (Å²) in [6, 6.07) is 3.78. The molecule has 0 fully saturated rings. The molecule has 21 heavy (non-hydrogen) atoms. The molecule has 1 heterocycles. The fourth-order valence-corrected chi connectivity index (χ4v) is 2.16. The van der Waals surface area contributed by atoms with E-state index in [1.54, 1.807) is 13.3 Å². The summed E-state index contributed by atoms with van der Waals surface area (Å²) in [5.41, 5.74) is 0. The maximum absolute atomic E-state index is 5.51. The molecule has 1 rings (SSSR count). The first-order valence-corrected chi connectivity index (χ1v) is 8.25. The van der Waals surface area contributed by atoms with Crippen LogP contribution in [0.3, 0.4) is 0 Å². The number of guanidine groups is 1. The Kier molecular flexibility index (Phi) is 10.4. The van der Waals surface area contributed by atoms with E-state index in [2.05, 4.69) is 22.2 Å². The fourth-order valence-electron chi connectivity index (χ4n) is 1.58. The van der Waals surface area contributed by atoms with Crippen molar-refractivity contribution in [1.82, 2.24) is 10.6 Å². The van der Waals surface area contributed by atoms with Gasteiger partial charge in [-0.3, -0.25) is 4.99 Å². The van der Waals surface area contributed by atoms with Crippen LogP contribution in [0.5, 0.6) is 0 Å². The van der Waals surface area contributed by atoms with Gasteiger partial charge in [-0.25, -0.2) is 0 Å². The van der Waals surface area contributed by atoms with Gasteiger partial charge in [0, 0.05) is 38.2 Å². The maximum atomic E-state index is 5.51. The molecule has 0 aliphatic heterocycles. The highest BCUT2D eigenvalue weighted by molar-refractivity contribution is 7.99. The Balaban J connectivity index is 1.95. The maximum Gasteiger partial charge on any atom is 0.191 e. The van der Waals surface area contributed by atoms with Crippen molar-refractivity contribution in [2.24, 2.45) is 4.99 Å². The van der Waals surface area contributed by atoms with E-state index in [0.29, 0.717) is 13.2 Å². The lowest BCUT2D eigenvalue weighted by Crippen LogP contribution is -2.39. The van der Waals surface area contributed by atoms with Gasteiger partial charge in [0.15, 0.2) is 5.96 Å². The van der Waals surface area contributed by atoms with Crippen LogP contribution in [0.1, 0.15) is 12.2 Å². The first kappa shape index (κ1) is 17.7. The average molecular weight is 311 g/mol. The zero-order chi connectivity index (χ0) is 15.2. The zero-order valence-electron chi connectivity index (χ0n) is 12.6. The molecule has 2 N–H and O–H groups in total. The van der Waals surface area contributed by atoms with Crippen LogP contribution in [0.25, 0.3) is 0 Å². The Labute approximate surface area is 131 Å². The summed E-state index contributed by atoms with van der Waals surface area (Å²) in [6.07, 6.45) is 4.50. The molecular weight excluding hydrogens is 286 g/mol. The van der Waals surface area contributed by atoms with Crippen molar-refractivity contribution in [3.8, 4) is 0 Å². The molecule has 0 atom stereocenters. The van der Waals surface area contributed by atoms with Gasteiger partial charge in [-0.15, -0.1) is 6.58 Å². The van der Waals surface area contributed by atoms with Crippen LogP contribution in [0.4, 0.5) is 0 Å². The third-order valence-corrected chi connectivity index (χ3v) is 3.54. The monoisotopic (exact) mass is 311 g/mol. The predicted octanol–water partition coefficient (Wildman–Crippen LogP) is 2.27. The molecule has 0 aliphatic rings.